The van der Waals surface area contributed by atoms with Crippen LogP contribution < -0.4 is 15.0 Å². The molecule has 0 aromatic heterocycles. The van der Waals surface area contributed by atoms with E-state index in [1.807, 2.05) is 0 Å². The molecule has 1 fully saturated rings. The van der Waals surface area contributed by atoms with Crippen molar-refractivity contribution in [1.29, 1.82) is 0 Å². The lowest BCUT2D eigenvalue weighted by Gasteiger charge is -2.26. The zero-order valence-electron chi connectivity index (χ0n) is 14.1. The van der Waals surface area contributed by atoms with Crippen LogP contribution in [0.3, 0.4) is 0 Å². The van der Waals surface area contributed by atoms with E-state index in [0.717, 1.165) is 4.90 Å². The van der Waals surface area contributed by atoms with Gasteiger partial charge in [0.05, 0.1) is 27.3 Å². The van der Waals surface area contributed by atoms with E-state index < -0.39 is 17.8 Å². The van der Waals surface area contributed by atoms with Gasteiger partial charge in [0.25, 0.3) is 11.8 Å². The molecule has 0 unspecified atom stereocenters. The molecule has 1 heterocycles. The van der Waals surface area contributed by atoms with Crippen molar-refractivity contribution < 1.29 is 24.2 Å². The molecular formula is C18H11BrCl2N2O5. The molecule has 1 aliphatic heterocycles. The van der Waals surface area contributed by atoms with Gasteiger partial charge in [-0.25, -0.2) is 9.69 Å². The Morgan fingerprint density at radius 3 is 2.50 bits per heavy atom. The van der Waals surface area contributed by atoms with Crippen LogP contribution in [0.4, 0.5) is 10.5 Å². The Balaban J connectivity index is 2.06. The fourth-order valence-corrected chi connectivity index (χ4v) is 3.27. The first kappa shape index (κ1) is 20.2. The average Bonchev–Trinajstić information content (AvgIpc) is 2.64. The fourth-order valence-electron chi connectivity index (χ4n) is 2.52. The number of benzene rings is 2. The van der Waals surface area contributed by atoms with Crippen molar-refractivity contribution in [3.8, 4) is 11.5 Å². The summed E-state index contributed by atoms with van der Waals surface area (Å²) in [4.78, 5) is 38.1. The molecule has 2 aromatic rings. The summed E-state index contributed by atoms with van der Waals surface area (Å²) in [6.07, 6.45) is 1.28. The Labute approximate surface area is 177 Å². The topological polar surface area (TPSA) is 95.9 Å². The van der Waals surface area contributed by atoms with Crippen molar-refractivity contribution >= 4 is 68.7 Å². The van der Waals surface area contributed by atoms with Gasteiger partial charge in [0.15, 0.2) is 11.5 Å². The van der Waals surface area contributed by atoms with Crippen molar-refractivity contribution in [3.05, 3.63) is 56.0 Å². The first-order valence-corrected chi connectivity index (χ1v) is 9.21. The highest BCUT2D eigenvalue weighted by Crippen LogP contribution is 2.36. The summed E-state index contributed by atoms with van der Waals surface area (Å²) in [5.41, 5.74) is 0.258. The van der Waals surface area contributed by atoms with Crippen LogP contribution in [0, 0.1) is 0 Å². The van der Waals surface area contributed by atoms with Gasteiger partial charge in [-0.1, -0.05) is 23.2 Å². The van der Waals surface area contributed by atoms with Crippen LogP contribution >= 0.6 is 39.1 Å². The van der Waals surface area contributed by atoms with Crippen molar-refractivity contribution in [2.24, 2.45) is 0 Å². The molecule has 28 heavy (non-hydrogen) atoms. The zero-order chi connectivity index (χ0) is 20.6. The molecule has 0 radical (unpaired) electrons. The maximum absolute atomic E-state index is 12.9. The van der Waals surface area contributed by atoms with E-state index in [2.05, 4.69) is 21.2 Å². The zero-order valence-corrected chi connectivity index (χ0v) is 17.2. The largest absolute Gasteiger partial charge is 0.503 e. The maximum atomic E-state index is 12.9. The molecule has 10 heteroatoms. The molecular weight excluding hydrogens is 475 g/mol. The van der Waals surface area contributed by atoms with Crippen LogP contribution in [0.1, 0.15) is 5.56 Å². The van der Waals surface area contributed by atoms with Gasteiger partial charge in [-0.15, -0.1) is 0 Å². The SMILES string of the molecule is COc1cc(/C=C2/C(=O)NC(=O)N(c3ccc(Cl)c(Cl)c3)C2=O)cc(Br)c1O. The Kier molecular flexibility index (Phi) is 5.64. The Hall–Kier alpha value is -2.55. The number of carbonyl (C=O) groups is 3. The number of carbonyl (C=O) groups excluding carboxylic acids is 3. The second-order valence-corrected chi connectivity index (χ2v) is 7.28. The number of aromatic hydroxyl groups is 1. The summed E-state index contributed by atoms with van der Waals surface area (Å²) in [5.74, 6) is -1.68. The predicted molar refractivity (Wildman–Crippen MR) is 108 cm³/mol. The number of methoxy groups -OCH3 is 1. The highest BCUT2D eigenvalue weighted by atomic mass is 79.9. The molecule has 144 valence electrons. The van der Waals surface area contributed by atoms with Crippen LogP contribution in [0.2, 0.25) is 10.0 Å². The number of rotatable bonds is 3. The molecule has 0 bridgehead atoms. The van der Waals surface area contributed by atoms with Crippen LogP contribution in [-0.2, 0) is 9.59 Å². The van der Waals surface area contributed by atoms with Crippen molar-refractivity contribution in [2.75, 3.05) is 12.0 Å². The first-order chi connectivity index (χ1) is 13.2. The molecule has 0 aliphatic carbocycles. The van der Waals surface area contributed by atoms with Crippen LogP contribution in [0.15, 0.2) is 40.4 Å². The number of hydrogen-bond acceptors (Lipinski definition) is 5. The number of barbiturate groups is 1. The number of phenolic OH excluding ortho intramolecular Hbond substituents is 1. The number of nitrogens with one attached hydrogen (secondary N) is 1. The number of nitrogens with zero attached hydrogens (tertiary/aromatic N) is 1. The van der Waals surface area contributed by atoms with E-state index in [4.69, 9.17) is 27.9 Å². The minimum atomic E-state index is -0.907. The van der Waals surface area contributed by atoms with E-state index in [9.17, 15) is 19.5 Å². The van der Waals surface area contributed by atoms with Gasteiger partial charge in [0.1, 0.15) is 5.57 Å². The third kappa shape index (κ3) is 3.71. The van der Waals surface area contributed by atoms with E-state index in [0.29, 0.717) is 10.0 Å². The standard InChI is InChI=1S/C18H11BrCl2N2O5/c1-28-14-6-8(5-11(19)15(14)24)4-10-16(25)22-18(27)23(17(10)26)9-2-3-12(20)13(21)7-9/h2-7,24H,1H3,(H,22,25,27)/b10-4-. The molecule has 0 spiro atoms. The van der Waals surface area contributed by atoms with Gasteiger partial charge in [-0.3, -0.25) is 14.9 Å². The quantitative estimate of drug-likeness (QED) is 0.503. The minimum absolute atomic E-state index is 0.128. The van der Waals surface area contributed by atoms with Gasteiger partial charge in [0.2, 0.25) is 0 Å². The molecule has 1 saturated heterocycles. The number of imide groups is 2. The highest BCUT2D eigenvalue weighted by molar-refractivity contribution is 9.10. The molecule has 7 nitrogen and oxygen atoms in total. The Morgan fingerprint density at radius 2 is 1.86 bits per heavy atom. The predicted octanol–water partition coefficient (Wildman–Crippen LogP) is 4.14. The Bertz CT molecular complexity index is 1050. The first-order valence-electron chi connectivity index (χ1n) is 7.66. The number of hydrogen-bond donors (Lipinski definition) is 2. The summed E-state index contributed by atoms with van der Waals surface area (Å²) in [7, 11) is 1.36. The number of phenols is 1. The third-order valence-electron chi connectivity index (χ3n) is 3.84. The second-order valence-electron chi connectivity index (χ2n) is 5.61. The number of halogens is 3. The lowest BCUT2D eigenvalue weighted by Crippen LogP contribution is -2.54. The highest BCUT2D eigenvalue weighted by Gasteiger charge is 2.37. The van der Waals surface area contributed by atoms with Crippen LogP contribution in [0.25, 0.3) is 6.08 Å². The molecule has 2 N–H and O–H groups in total. The van der Waals surface area contributed by atoms with Crippen molar-refractivity contribution in [2.45, 2.75) is 0 Å². The van der Waals surface area contributed by atoms with E-state index in [1.165, 1.54) is 43.5 Å². The van der Waals surface area contributed by atoms with Crippen LogP contribution in [-0.4, -0.2) is 30.1 Å². The van der Waals surface area contributed by atoms with Crippen molar-refractivity contribution in [3.63, 3.8) is 0 Å². The van der Waals surface area contributed by atoms with Crippen LogP contribution in [0.5, 0.6) is 11.5 Å². The van der Waals surface area contributed by atoms with Gasteiger partial charge < -0.3 is 9.84 Å². The summed E-state index contributed by atoms with van der Waals surface area (Å²) in [5, 5.41) is 12.4. The number of anilines is 1. The summed E-state index contributed by atoms with van der Waals surface area (Å²) in [6, 6.07) is 6.23. The molecule has 0 saturated carbocycles. The third-order valence-corrected chi connectivity index (χ3v) is 5.19. The van der Waals surface area contributed by atoms with E-state index >= 15 is 0 Å². The number of urea groups is 1. The van der Waals surface area contributed by atoms with E-state index in [-0.39, 0.29) is 32.8 Å². The van der Waals surface area contributed by atoms with Gasteiger partial charge >= 0.3 is 6.03 Å². The number of amides is 4. The molecule has 2 aromatic carbocycles. The van der Waals surface area contributed by atoms with Gasteiger partial charge in [-0.2, -0.15) is 0 Å². The van der Waals surface area contributed by atoms with Gasteiger partial charge in [-0.05, 0) is 57.9 Å². The monoisotopic (exact) mass is 484 g/mol. The smallest absolute Gasteiger partial charge is 0.335 e. The summed E-state index contributed by atoms with van der Waals surface area (Å²) >= 11 is 15.0. The van der Waals surface area contributed by atoms with Gasteiger partial charge in [0, 0.05) is 0 Å². The minimum Gasteiger partial charge on any atom is -0.503 e. The lowest BCUT2D eigenvalue weighted by atomic mass is 10.1. The second kappa shape index (κ2) is 7.83. The Morgan fingerprint density at radius 1 is 1.14 bits per heavy atom. The lowest BCUT2D eigenvalue weighted by molar-refractivity contribution is -0.122. The normalized spacial score (nSPS) is 15.8. The van der Waals surface area contributed by atoms with Crippen molar-refractivity contribution in [1.82, 2.24) is 5.32 Å². The fraction of sp³-hybridized carbons (Fsp3) is 0.0556. The summed E-state index contributed by atoms with van der Waals surface area (Å²) < 4.78 is 5.36. The molecule has 0 atom stereocenters. The molecule has 3 rings (SSSR count). The molecule has 1 aliphatic rings. The maximum Gasteiger partial charge on any atom is 0.335 e. The number of ether oxygens (including phenoxy) is 1. The summed E-state index contributed by atoms with van der Waals surface area (Å²) in [6.45, 7) is 0. The van der Waals surface area contributed by atoms with E-state index in [1.54, 1.807) is 0 Å². The molecule has 4 amide bonds. The average molecular weight is 486 g/mol.